The van der Waals surface area contributed by atoms with Gasteiger partial charge in [-0.1, -0.05) is 96.7 Å². The second-order valence-corrected chi connectivity index (χ2v) is 8.01. The third kappa shape index (κ3) is 4.30. The Balaban J connectivity index is 1.42. The molecule has 1 unspecified atom stereocenters. The highest BCUT2D eigenvalue weighted by Crippen LogP contribution is 2.30. The molecule has 3 aromatic rings. The van der Waals surface area contributed by atoms with Crippen molar-refractivity contribution in [3.8, 4) is 11.1 Å². The molecule has 0 saturated carbocycles. The first kappa shape index (κ1) is 19.2. The number of nitrogens with zero attached hydrogens (tertiary/aromatic N) is 1. The minimum atomic E-state index is -0.474. The lowest BCUT2D eigenvalue weighted by molar-refractivity contribution is -0.126. The lowest BCUT2D eigenvalue weighted by Crippen LogP contribution is -2.36. The smallest absolute Gasteiger partial charge is 0.289 e. The maximum Gasteiger partial charge on any atom is 0.289 e. The van der Waals surface area contributed by atoms with Crippen molar-refractivity contribution >= 4 is 28.7 Å². The van der Waals surface area contributed by atoms with Crippen molar-refractivity contribution < 1.29 is 14.4 Å². The molecule has 1 fully saturated rings. The summed E-state index contributed by atoms with van der Waals surface area (Å²) in [4.78, 5) is 38.7. The van der Waals surface area contributed by atoms with Crippen LogP contribution in [0.2, 0.25) is 0 Å². The molecule has 4 nitrogen and oxygen atoms in total. The first-order valence-electron chi connectivity index (χ1n) is 9.36. The largest absolute Gasteiger partial charge is 0.292 e. The summed E-state index contributed by atoms with van der Waals surface area (Å²) in [7, 11) is 0. The van der Waals surface area contributed by atoms with E-state index in [9.17, 15) is 14.4 Å². The van der Waals surface area contributed by atoms with Crippen molar-refractivity contribution in [3.63, 3.8) is 0 Å². The first-order valence-corrected chi connectivity index (χ1v) is 10.2. The highest BCUT2D eigenvalue weighted by Gasteiger charge is 2.40. The Morgan fingerprint density at radius 2 is 1.38 bits per heavy atom. The molecule has 1 aliphatic heterocycles. The van der Waals surface area contributed by atoms with E-state index >= 15 is 0 Å². The van der Waals surface area contributed by atoms with Crippen LogP contribution in [0.4, 0.5) is 4.79 Å². The van der Waals surface area contributed by atoms with Crippen molar-refractivity contribution in [3.05, 3.63) is 96.1 Å². The fraction of sp³-hybridized carbons (Fsp3) is 0.125. The van der Waals surface area contributed by atoms with Crippen LogP contribution in [0, 0.1) is 0 Å². The lowest BCUT2D eigenvalue weighted by Gasteiger charge is -2.13. The zero-order chi connectivity index (χ0) is 20.2. The summed E-state index contributed by atoms with van der Waals surface area (Å²) in [5.41, 5.74) is 3.56. The Hall–Kier alpha value is -3.18. The van der Waals surface area contributed by atoms with Crippen LogP contribution in [0.1, 0.15) is 15.9 Å². The van der Waals surface area contributed by atoms with Gasteiger partial charge in [-0.05, 0) is 23.1 Å². The van der Waals surface area contributed by atoms with Gasteiger partial charge >= 0.3 is 0 Å². The molecule has 2 amide bonds. The van der Waals surface area contributed by atoms with Gasteiger partial charge in [-0.25, -0.2) is 0 Å². The van der Waals surface area contributed by atoms with Gasteiger partial charge in [0.05, 0.1) is 11.8 Å². The number of amides is 2. The van der Waals surface area contributed by atoms with Crippen LogP contribution in [0.5, 0.6) is 0 Å². The van der Waals surface area contributed by atoms with Crippen molar-refractivity contribution in [2.24, 2.45) is 0 Å². The Morgan fingerprint density at radius 1 is 0.793 bits per heavy atom. The summed E-state index contributed by atoms with van der Waals surface area (Å²) >= 11 is 0.999. The molecule has 0 radical (unpaired) electrons. The molecule has 1 saturated heterocycles. The van der Waals surface area contributed by atoms with E-state index in [-0.39, 0.29) is 23.5 Å². The summed E-state index contributed by atoms with van der Waals surface area (Å²) in [6.45, 7) is -0.222. The topological polar surface area (TPSA) is 54.5 Å². The van der Waals surface area contributed by atoms with E-state index in [0.717, 1.165) is 33.4 Å². The second kappa shape index (κ2) is 8.45. The molecule has 0 aliphatic carbocycles. The van der Waals surface area contributed by atoms with E-state index in [0.29, 0.717) is 12.0 Å². The Kier molecular flexibility index (Phi) is 5.58. The van der Waals surface area contributed by atoms with E-state index in [1.54, 1.807) is 12.1 Å². The van der Waals surface area contributed by atoms with Gasteiger partial charge in [-0.15, -0.1) is 0 Å². The van der Waals surface area contributed by atoms with Crippen molar-refractivity contribution in [1.29, 1.82) is 0 Å². The first-order chi connectivity index (χ1) is 14.1. The number of hydrogen-bond acceptors (Lipinski definition) is 4. The zero-order valence-electron chi connectivity index (χ0n) is 15.7. The van der Waals surface area contributed by atoms with E-state index in [2.05, 4.69) is 0 Å². The summed E-state index contributed by atoms with van der Waals surface area (Å²) in [5, 5.41) is -0.830. The van der Waals surface area contributed by atoms with E-state index in [1.807, 2.05) is 72.8 Å². The van der Waals surface area contributed by atoms with E-state index in [4.69, 9.17) is 0 Å². The number of rotatable bonds is 6. The maximum absolute atomic E-state index is 12.7. The van der Waals surface area contributed by atoms with Gasteiger partial charge in [0.2, 0.25) is 5.91 Å². The predicted molar refractivity (Wildman–Crippen MR) is 115 cm³/mol. The van der Waals surface area contributed by atoms with Crippen molar-refractivity contribution in [2.45, 2.75) is 11.7 Å². The number of hydrogen-bond donors (Lipinski definition) is 0. The molecular formula is C24H19NO3S. The summed E-state index contributed by atoms with van der Waals surface area (Å²) in [6, 6.07) is 26.7. The lowest BCUT2D eigenvalue weighted by atomic mass is 10.0. The third-order valence-corrected chi connectivity index (χ3v) is 5.96. The Labute approximate surface area is 173 Å². The third-order valence-electron chi connectivity index (χ3n) is 4.88. The molecule has 144 valence electrons. The maximum atomic E-state index is 12.7. The molecule has 0 aromatic heterocycles. The molecule has 1 aliphatic rings. The van der Waals surface area contributed by atoms with Gasteiger partial charge in [0.15, 0.2) is 5.78 Å². The minimum Gasteiger partial charge on any atom is -0.292 e. The average Bonchev–Trinajstić information content (AvgIpc) is 3.02. The van der Waals surface area contributed by atoms with Gasteiger partial charge in [0, 0.05) is 5.56 Å². The number of benzene rings is 3. The number of ketones is 1. The summed E-state index contributed by atoms with van der Waals surface area (Å²) < 4.78 is 0. The Bertz CT molecular complexity index is 1030. The molecule has 4 rings (SSSR count). The van der Waals surface area contributed by atoms with E-state index < -0.39 is 5.25 Å². The number of Topliss-reactive ketones (excluding diaryl/α,β-unsaturated/α-hetero) is 1. The molecule has 0 spiro atoms. The van der Waals surface area contributed by atoms with Crippen molar-refractivity contribution in [2.75, 3.05) is 6.54 Å². The molecule has 29 heavy (non-hydrogen) atoms. The number of carbonyl (C=O) groups excluding carboxylic acids is 3. The van der Waals surface area contributed by atoms with Crippen LogP contribution in [-0.4, -0.2) is 33.6 Å². The number of carbonyl (C=O) groups is 3. The fourth-order valence-electron chi connectivity index (χ4n) is 3.31. The van der Waals surface area contributed by atoms with Gasteiger partial charge in [-0.2, -0.15) is 0 Å². The monoisotopic (exact) mass is 401 g/mol. The molecule has 0 N–H and O–H groups in total. The quantitative estimate of drug-likeness (QED) is 0.555. The molecule has 3 aromatic carbocycles. The van der Waals surface area contributed by atoms with Crippen LogP contribution >= 0.6 is 11.8 Å². The van der Waals surface area contributed by atoms with E-state index in [1.165, 1.54) is 0 Å². The van der Waals surface area contributed by atoms with Gasteiger partial charge < -0.3 is 0 Å². The van der Waals surface area contributed by atoms with Crippen molar-refractivity contribution in [1.82, 2.24) is 4.90 Å². The molecule has 0 bridgehead atoms. The summed E-state index contributed by atoms with van der Waals surface area (Å²) in [5.74, 6) is -0.537. The van der Waals surface area contributed by atoms with Gasteiger partial charge in [0.25, 0.3) is 5.24 Å². The molecular weight excluding hydrogens is 382 g/mol. The molecule has 1 atom stereocenters. The number of imide groups is 1. The fourth-order valence-corrected chi connectivity index (χ4v) is 4.34. The van der Waals surface area contributed by atoms with Crippen LogP contribution in [0.25, 0.3) is 11.1 Å². The predicted octanol–water partition coefficient (Wildman–Crippen LogP) is 4.84. The zero-order valence-corrected chi connectivity index (χ0v) is 16.5. The standard InChI is InChI=1S/C24H19NO3S/c26-21(20-13-11-19(12-14-20)18-9-5-2-6-10-18)16-25-23(27)22(29-24(25)28)15-17-7-3-1-4-8-17/h1-14,22H,15-16H2. The Morgan fingerprint density at radius 3 is 2.03 bits per heavy atom. The van der Waals surface area contributed by atoms with Gasteiger partial charge in [0.1, 0.15) is 0 Å². The van der Waals surface area contributed by atoms with Crippen LogP contribution in [0.3, 0.4) is 0 Å². The second-order valence-electron chi connectivity index (χ2n) is 6.85. The van der Waals surface area contributed by atoms with Gasteiger partial charge in [-0.3, -0.25) is 19.3 Å². The minimum absolute atomic E-state index is 0.222. The SMILES string of the molecule is O=C(CN1C(=O)SC(Cc2ccccc2)C1=O)c1ccc(-c2ccccc2)cc1. The summed E-state index contributed by atoms with van der Waals surface area (Å²) in [6.07, 6.45) is 0.479. The molecule has 1 heterocycles. The van der Waals surface area contributed by atoms with Crippen LogP contribution in [-0.2, 0) is 11.2 Å². The highest BCUT2D eigenvalue weighted by molar-refractivity contribution is 8.15. The van der Waals surface area contributed by atoms with Crippen LogP contribution in [0.15, 0.2) is 84.9 Å². The van der Waals surface area contributed by atoms with Crippen LogP contribution < -0.4 is 0 Å². The number of thioether (sulfide) groups is 1. The average molecular weight is 401 g/mol. The highest BCUT2D eigenvalue weighted by atomic mass is 32.2. The normalized spacial score (nSPS) is 16.3. The molecule has 5 heteroatoms.